The van der Waals surface area contributed by atoms with Crippen molar-refractivity contribution in [2.24, 2.45) is 5.92 Å². The van der Waals surface area contributed by atoms with Crippen LogP contribution in [0, 0.1) is 5.92 Å². The molecule has 3 N–H and O–H groups in total. The van der Waals surface area contributed by atoms with Gasteiger partial charge in [0.1, 0.15) is 6.04 Å². The molecule has 0 aromatic heterocycles. The zero-order chi connectivity index (χ0) is 15.4. The fourth-order valence-electron chi connectivity index (χ4n) is 1.57. The van der Waals surface area contributed by atoms with Crippen LogP contribution in [0.25, 0.3) is 0 Å². The number of hydrogen-bond donors (Lipinski definition) is 3. The van der Waals surface area contributed by atoms with Crippen LogP contribution in [0.5, 0.6) is 0 Å². The van der Waals surface area contributed by atoms with Crippen LogP contribution < -0.4 is 10.6 Å². The number of unbranched alkanes of at least 4 members (excludes halogenated alkanes) is 1. The molecule has 0 aromatic carbocycles. The highest BCUT2D eigenvalue weighted by atomic mass is 16.5. The molecule has 0 aliphatic heterocycles. The number of urea groups is 1. The monoisotopic (exact) mass is 288 g/mol. The first-order valence-electron chi connectivity index (χ1n) is 7.32. The molecule has 0 saturated heterocycles. The molecule has 0 radical (unpaired) electrons. The topological polar surface area (TPSA) is 87.7 Å². The van der Waals surface area contributed by atoms with E-state index in [9.17, 15) is 9.59 Å². The van der Waals surface area contributed by atoms with Gasteiger partial charge < -0.3 is 20.5 Å². The summed E-state index contributed by atoms with van der Waals surface area (Å²) in [7, 11) is 0. The lowest BCUT2D eigenvalue weighted by atomic mass is 10.1. The van der Waals surface area contributed by atoms with Gasteiger partial charge in [0.2, 0.25) is 0 Å². The van der Waals surface area contributed by atoms with Gasteiger partial charge in [-0.3, -0.25) is 0 Å². The molecule has 0 bridgehead atoms. The molecule has 1 atom stereocenters. The van der Waals surface area contributed by atoms with Crippen LogP contribution in [-0.2, 0) is 9.53 Å². The van der Waals surface area contributed by atoms with Crippen LogP contribution in [0.3, 0.4) is 0 Å². The van der Waals surface area contributed by atoms with Crippen molar-refractivity contribution in [3.8, 4) is 0 Å². The maximum Gasteiger partial charge on any atom is 0.326 e. The molecule has 0 rings (SSSR count). The molecular formula is C14H28N2O4. The molecule has 6 heteroatoms. The lowest BCUT2D eigenvalue weighted by molar-refractivity contribution is -0.139. The Bertz CT molecular complexity index is 282. The Balaban J connectivity index is 3.71. The quantitative estimate of drug-likeness (QED) is 0.507. The van der Waals surface area contributed by atoms with E-state index in [0.29, 0.717) is 38.5 Å². The lowest BCUT2D eigenvalue weighted by Gasteiger charge is -2.14. The third-order valence-electron chi connectivity index (χ3n) is 2.65. The molecule has 118 valence electrons. The van der Waals surface area contributed by atoms with Crippen molar-refractivity contribution >= 4 is 12.0 Å². The Morgan fingerprint density at radius 3 is 2.50 bits per heavy atom. The highest BCUT2D eigenvalue weighted by Gasteiger charge is 2.18. The average Bonchev–Trinajstić information content (AvgIpc) is 2.37. The fourth-order valence-corrected chi connectivity index (χ4v) is 1.57. The van der Waals surface area contributed by atoms with Crippen molar-refractivity contribution < 1.29 is 19.4 Å². The largest absolute Gasteiger partial charge is 0.480 e. The van der Waals surface area contributed by atoms with E-state index in [-0.39, 0.29) is 0 Å². The summed E-state index contributed by atoms with van der Waals surface area (Å²) in [6.07, 6.45) is 2.85. The van der Waals surface area contributed by atoms with Gasteiger partial charge in [-0.1, -0.05) is 33.6 Å². The maximum absolute atomic E-state index is 11.5. The second kappa shape index (κ2) is 11.5. The van der Waals surface area contributed by atoms with Gasteiger partial charge in [0.05, 0.1) is 0 Å². The molecule has 0 aliphatic carbocycles. The van der Waals surface area contributed by atoms with E-state index in [1.807, 2.05) is 6.92 Å². The van der Waals surface area contributed by atoms with Crippen LogP contribution in [0.15, 0.2) is 0 Å². The molecule has 0 aliphatic rings. The van der Waals surface area contributed by atoms with Gasteiger partial charge >= 0.3 is 12.0 Å². The predicted octanol–water partition coefficient (Wildman–Crippen LogP) is 1.99. The Morgan fingerprint density at radius 1 is 1.25 bits per heavy atom. The van der Waals surface area contributed by atoms with E-state index >= 15 is 0 Å². The molecule has 6 nitrogen and oxygen atoms in total. The van der Waals surface area contributed by atoms with E-state index < -0.39 is 18.0 Å². The summed E-state index contributed by atoms with van der Waals surface area (Å²) < 4.78 is 5.38. The van der Waals surface area contributed by atoms with Crippen molar-refractivity contribution in [2.45, 2.75) is 52.5 Å². The van der Waals surface area contributed by atoms with Gasteiger partial charge in [-0.25, -0.2) is 9.59 Å². The normalized spacial score (nSPS) is 12.2. The number of aliphatic carboxylic acids is 1. The Labute approximate surface area is 121 Å². The van der Waals surface area contributed by atoms with Gasteiger partial charge in [-0.05, 0) is 18.8 Å². The van der Waals surface area contributed by atoms with Crippen molar-refractivity contribution in [3.05, 3.63) is 0 Å². The van der Waals surface area contributed by atoms with E-state index in [2.05, 4.69) is 24.5 Å². The number of nitrogens with one attached hydrogen (secondary N) is 2. The number of carbonyl (C=O) groups is 2. The SMILES string of the molecule is CCCCC(NC(=O)NCCCOCC(C)C)C(=O)O. The van der Waals surface area contributed by atoms with E-state index in [0.717, 1.165) is 12.8 Å². The van der Waals surface area contributed by atoms with Gasteiger partial charge in [0.25, 0.3) is 0 Å². The predicted molar refractivity (Wildman–Crippen MR) is 77.8 cm³/mol. The van der Waals surface area contributed by atoms with Crippen LogP contribution >= 0.6 is 0 Å². The number of carboxylic acids is 1. The molecule has 0 saturated carbocycles. The summed E-state index contributed by atoms with van der Waals surface area (Å²) in [5.41, 5.74) is 0. The zero-order valence-corrected chi connectivity index (χ0v) is 12.8. The third-order valence-corrected chi connectivity index (χ3v) is 2.65. The van der Waals surface area contributed by atoms with Crippen LogP contribution in [0.1, 0.15) is 46.5 Å². The van der Waals surface area contributed by atoms with E-state index in [1.165, 1.54) is 0 Å². The Morgan fingerprint density at radius 2 is 1.95 bits per heavy atom. The third kappa shape index (κ3) is 10.6. The van der Waals surface area contributed by atoms with Crippen molar-refractivity contribution in [1.82, 2.24) is 10.6 Å². The number of ether oxygens (including phenoxy) is 1. The minimum atomic E-state index is -0.992. The average molecular weight is 288 g/mol. The second-order valence-electron chi connectivity index (χ2n) is 5.26. The molecule has 0 aromatic rings. The van der Waals surface area contributed by atoms with E-state index in [4.69, 9.17) is 9.84 Å². The Hall–Kier alpha value is -1.30. The number of carboxylic acid groups (broad SMARTS) is 1. The number of carbonyl (C=O) groups excluding carboxylic acids is 1. The lowest BCUT2D eigenvalue weighted by Crippen LogP contribution is -2.46. The van der Waals surface area contributed by atoms with Crippen LogP contribution in [-0.4, -0.2) is 42.9 Å². The molecule has 2 amide bonds. The number of rotatable bonds is 11. The smallest absolute Gasteiger partial charge is 0.326 e. The highest BCUT2D eigenvalue weighted by Crippen LogP contribution is 2.00. The molecule has 0 spiro atoms. The first-order chi connectivity index (χ1) is 9.47. The number of hydrogen-bond acceptors (Lipinski definition) is 3. The van der Waals surface area contributed by atoms with Gasteiger partial charge in [-0.15, -0.1) is 0 Å². The standard InChI is InChI=1S/C14H28N2O4/c1-4-5-7-12(13(17)18)16-14(19)15-8-6-9-20-10-11(2)3/h11-12H,4-10H2,1-3H3,(H,17,18)(H2,15,16,19). The molecule has 0 fully saturated rings. The van der Waals surface area contributed by atoms with E-state index in [1.54, 1.807) is 0 Å². The maximum atomic E-state index is 11.5. The second-order valence-corrected chi connectivity index (χ2v) is 5.26. The Kier molecular flexibility index (Phi) is 10.8. The minimum absolute atomic E-state index is 0.433. The van der Waals surface area contributed by atoms with Gasteiger partial charge in [0, 0.05) is 19.8 Å². The molecule has 1 unspecified atom stereocenters. The van der Waals surface area contributed by atoms with Crippen LogP contribution in [0.4, 0.5) is 4.79 Å². The zero-order valence-electron chi connectivity index (χ0n) is 12.8. The first kappa shape index (κ1) is 18.7. The summed E-state index contributed by atoms with van der Waals surface area (Å²) >= 11 is 0. The van der Waals surface area contributed by atoms with Gasteiger partial charge in [-0.2, -0.15) is 0 Å². The summed E-state index contributed by atoms with van der Waals surface area (Å²) in [6.45, 7) is 7.92. The molecule has 20 heavy (non-hydrogen) atoms. The minimum Gasteiger partial charge on any atom is -0.480 e. The van der Waals surface area contributed by atoms with Crippen molar-refractivity contribution in [1.29, 1.82) is 0 Å². The highest BCUT2D eigenvalue weighted by molar-refractivity contribution is 5.82. The fraction of sp³-hybridized carbons (Fsp3) is 0.857. The van der Waals surface area contributed by atoms with Crippen molar-refractivity contribution in [2.75, 3.05) is 19.8 Å². The molecule has 0 heterocycles. The molecular weight excluding hydrogens is 260 g/mol. The van der Waals surface area contributed by atoms with Crippen molar-refractivity contribution in [3.63, 3.8) is 0 Å². The number of amides is 2. The summed E-state index contributed by atoms with van der Waals surface area (Å²) in [4.78, 5) is 22.5. The first-order valence-corrected chi connectivity index (χ1v) is 7.32. The summed E-state index contributed by atoms with van der Waals surface area (Å²) in [5.74, 6) is -0.491. The van der Waals surface area contributed by atoms with Crippen LogP contribution in [0.2, 0.25) is 0 Å². The summed E-state index contributed by atoms with van der Waals surface area (Å²) in [6, 6.07) is -1.25. The van der Waals surface area contributed by atoms with Gasteiger partial charge in [0.15, 0.2) is 0 Å². The summed E-state index contributed by atoms with van der Waals surface area (Å²) in [5, 5.41) is 14.1.